The molecule has 0 radical (unpaired) electrons. The molecule has 2 N–H and O–H groups in total. The maximum atomic E-state index is 6.64. The highest BCUT2D eigenvalue weighted by Gasteiger charge is 2.46. The normalized spacial score (nSPS) is 19.8. The first-order valence-electron chi connectivity index (χ1n) is 9.79. The van der Waals surface area contributed by atoms with Gasteiger partial charge in [-0.1, -0.05) is 41.0 Å². The molecule has 1 aliphatic heterocycles. The summed E-state index contributed by atoms with van der Waals surface area (Å²) in [6, 6.07) is 4.16. The Kier molecular flexibility index (Phi) is 5.31. The molecule has 0 amide bonds. The van der Waals surface area contributed by atoms with Gasteiger partial charge >= 0.3 is 0 Å². The lowest BCUT2D eigenvalue weighted by atomic mass is 9.73. The zero-order chi connectivity index (χ0) is 20.7. The molecule has 30 heavy (non-hydrogen) atoms. The standard InChI is InChI=1S/C21H20Cl2N6S/c22-14-9-25-10-15(23)19(14)30-18-12-27-17(11-28-18)29-6-3-21(4-7-29)8-16-13(20(21)24)2-1-5-26-16/h1-2,5,9-12,20H,3-4,6-8,24H2/t20-/m1/s1. The van der Waals surface area contributed by atoms with E-state index >= 15 is 0 Å². The average Bonchev–Trinajstić information content (AvgIpc) is 3.03. The molecule has 3 aromatic heterocycles. The van der Waals surface area contributed by atoms with Crippen LogP contribution in [0.4, 0.5) is 5.82 Å². The van der Waals surface area contributed by atoms with Crippen molar-refractivity contribution in [2.45, 2.75) is 35.2 Å². The van der Waals surface area contributed by atoms with Gasteiger partial charge in [0.2, 0.25) is 0 Å². The molecular formula is C21H20Cl2N6S. The first kappa shape index (κ1) is 20.0. The second-order valence-corrected chi connectivity index (χ2v) is 9.64. The predicted molar refractivity (Wildman–Crippen MR) is 119 cm³/mol. The molecule has 1 fully saturated rings. The maximum absolute atomic E-state index is 6.64. The zero-order valence-corrected chi connectivity index (χ0v) is 18.5. The summed E-state index contributed by atoms with van der Waals surface area (Å²) in [6.45, 7) is 1.82. The van der Waals surface area contributed by atoms with E-state index in [9.17, 15) is 0 Å². The van der Waals surface area contributed by atoms with E-state index in [4.69, 9.17) is 28.9 Å². The van der Waals surface area contributed by atoms with Gasteiger partial charge in [-0.2, -0.15) is 0 Å². The molecule has 1 aliphatic carbocycles. The lowest BCUT2D eigenvalue weighted by Gasteiger charge is -2.42. The number of hydrogen-bond acceptors (Lipinski definition) is 7. The van der Waals surface area contributed by atoms with E-state index in [1.807, 2.05) is 18.5 Å². The predicted octanol–water partition coefficient (Wildman–Crippen LogP) is 4.57. The van der Waals surface area contributed by atoms with Crippen LogP contribution in [0.15, 0.2) is 53.0 Å². The summed E-state index contributed by atoms with van der Waals surface area (Å²) in [5.41, 5.74) is 9.11. The van der Waals surface area contributed by atoms with Crippen LogP contribution < -0.4 is 10.6 Å². The highest BCUT2D eigenvalue weighted by molar-refractivity contribution is 7.99. The molecular weight excluding hydrogens is 439 g/mol. The van der Waals surface area contributed by atoms with Crippen LogP contribution in [-0.2, 0) is 6.42 Å². The molecule has 1 saturated heterocycles. The third-order valence-electron chi connectivity index (χ3n) is 6.15. The van der Waals surface area contributed by atoms with Gasteiger partial charge in [0.25, 0.3) is 0 Å². The van der Waals surface area contributed by atoms with Crippen molar-refractivity contribution in [3.8, 4) is 0 Å². The Morgan fingerprint density at radius 2 is 1.80 bits per heavy atom. The number of anilines is 1. The molecule has 0 aromatic carbocycles. The van der Waals surface area contributed by atoms with Gasteiger partial charge in [-0.15, -0.1) is 0 Å². The third-order valence-corrected chi connectivity index (χ3v) is 8.01. The van der Waals surface area contributed by atoms with E-state index in [0.29, 0.717) is 10.0 Å². The lowest BCUT2D eigenvalue weighted by Crippen LogP contribution is -2.44. The van der Waals surface area contributed by atoms with Gasteiger partial charge in [-0.25, -0.2) is 9.97 Å². The Morgan fingerprint density at radius 1 is 1.03 bits per heavy atom. The second-order valence-electron chi connectivity index (χ2n) is 7.79. The van der Waals surface area contributed by atoms with Gasteiger partial charge in [-0.05, 0) is 36.3 Å². The smallest absolute Gasteiger partial charge is 0.147 e. The van der Waals surface area contributed by atoms with E-state index < -0.39 is 0 Å². The second kappa shape index (κ2) is 7.96. The number of nitrogens with two attached hydrogens (primary N) is 1. The largest absolute Gasteiger partial charge is 0.355 e. The van der Waals surface area contributed by atoms with Crippen molar-refractivity contribution in [1.29, 1.82) is 0 Å². The fourth-order valence-corrected chi connectivity index (χ4v) is 5.77. The fourth-order valence-electron chi connectivity index (χ4n) is 4.45. The monoisotopic (exact) mass is 458 g/mol. The van der Waals surface area contributed by atoms with Crippen molar-refractivity contribution in [1.82, 2.24) is 19.9 Å². The number of halogens is 2. The number of fused-ring (bicyclic) bond motifs is 1. The van der Waals surface area contributed by atoms with Gasteiger partial charge < -0.3 is 10.6 Å². The molecule has 0 bridgehead atoms. The average molecular weight is 459 g/mol. The van der Waals surface area contributed by atoms with Gasteiger partial charge in [0.1, 0.15) is 10.8 Å². The van der Waals surface area contributed by atoms with Crippen LogP contribution >= 0.6 is 35.0 Å². The quantitative estimate of drug-likeness (QED) is 0.615. The van der Waals surface area contributed by atoms with Crippen molar-refractivity contribution in [3.63, 3.8) is 0 Å². The molecule has 3 aromatic rings. The van der Waals surface area contributed by atoms with E-state index in [1.54, 1.807) is 18.6 Å². The first-order valence-corrected chi connectivity index (χ1v) is 11.4. The molecule has 6 nitrogen and oxygen atoms in total. The Bertz CT molecular complexity index is 1050. The van der Waals surface area contributed by atoms with Crippen LogP contribution in [0.25, 0.3) is 0 Å². The van der Waals surface area contributed by atoms with Crippen molar-refractivity contribution in [3.05, 3.63) is 64.4 Å². The molecule has 154 valence electrons. The third kappa shape index (κ3) is 3.54. The molecule has 4 heterocycles. The zero-order valence-electron chi connectivity index (χ0n) is 16.1. The van der Waals surface area contributed by atoms with Crippen molar-refractivity contribution < 1.29 is 0 Å². The minimum Gasteiger partial charge on any atom is -0.355 e. The van der Waals surface area contributed by atoms with Gasteiger partial charge in [0.05, 0.1) is 27.3 Å². The minimum atomic E-state index is 0.0584. The molecule has 1 spiro atoms. The van der Waals surface area contributed by atoms with Crippen molar-refractivity contribution in [2.24, 2.45) is 11.1 Å². The van der Waals surface area contributed by atoms with E-state index in [-0.39, 0.29) is 11.5 Å². The number of piperidine rings is 1. The highest BCUT2D eigenvalue weighted by Crippen LogP contribution is 2.50. The maximum Gasteiger partial charge on any atom is 0.147 e. The van der Waals surface area contributed by atoms with Crippen LogP contribution in [0, 0.1) is 5.41 Å². The topological polar surface area (TPSA) is 80.8 Å². The number of aromatic nitrogens is 4. The summed E-state index contributed by atoms with van der Waals surface area (Å²) >= 11 is 13.8. The van der Waals surface area contributed by atoms with Gasteiger partial charge in [0, 0.05) is 43.4 Å². The number of rotatable bonds is 3. The van der Waals surface area contributed by atoms with Crippen molar-refractivity contribution in [2.75, 3.05) is 18.0 Å². The number of hydrogen-bond donors (Lipinski definition) is 1. The Balaban J connectivity index is 1.26. The lowest BCUT2D eigenvalue weighted by molar-refractivity contribution is 0.186. The Morgan fingerprint density at radius 3 is 2.47 bits per heavy atom. The summed E-state index contributed by atoms with van der Waals surface area (Å²) in [5, 5.41) is 1.74. The fraction of sp³-hybridized carbons (Fsp3) is 0.333. The van der Waals surface area contributed by atoms with E-state index in [0.717, 1.165) is 53.8 Å². The number of nitrogens with zero attached hydrogens (tertiary/aromatic N) is 5. The molecule has 1 atom stereocenters. The van der Waals surface area contributed by atoms with Gasteiger partial charge in [-0.3, -0.25) is 9.97 Å². The molecule has 2 aliphatic rings. The minimum absolute atomic E-state index is 0.0584. The summed E-state index contributed by atoms with van der Waals surface area (Å²) in [6.07, 6.45) is 11.6. The van der Waals surface area contributed by atoms with E-state index in [1.165, 1.54) is 17.3 Å². The summed E-state index contributed by atoms with van der Waals surface area (Å²) in [7, 11) is 0. The molecule has 0 unspecified atom stereocenters. The van der Waals surface area contributed by atoms with Crippen LogP contribution in [-0.4, -0.2) is 33.0 Å². The van der Waals surface area contributed by atoms with Crippen molar-refractivity contribution >= 4 is 40.8 Å². The first-order chi connectivity index (χ1) is 14.6. The van der Waals surface area contributed by atoms with Crippen LogP contribution in [0.5, 0.6) is 0 Å². The molecule has 5 rings (SSSR count). The Hall–Kier alpha value is -1.93. The number of pyridine rings is 2. The highest BCUT2D eigenvalue weighted by atomic mass is 35.5. The summed E-state index contributed by atoms with van der Waals surface area (Å²) in [4.78, 5) is 20.7. The SMILES string of the molecule is N[C@@H]1c2cccnc2CC12CCN(c1cnc(Sc3c(Cl)cncc3Cl)cn1)CC2. The molecule has 9 heteroatoms. The van der Waals surface area contributed by atoms with Crippen LogP contribution in [0.3, 0.4) is 0 Å². The Labute approximate surface area is 189 Å². The van der Waals surface area contributed by atoms with E-state index in [2.05, 4.69) is 30.9 Å². The van der Waals surface area contributed by atoms with Crippen LogP contribution in [0.2, 0.25) is 10.0 Å². The summed E-state index contributed by atoms with van der Waals surface area (Å²) < 4.78 is 0. The molecule has 0 saturated carbocycles. The van der Waals surface area contributed by atoms with Crippen LogP contribution in [0.1, 0.15) is 30.1 Å². The summed E-state index contributed by atoms with van der Waals surface area (Å²) in [5.74, 6) is 0.878. The van der Waals surface area contributed by atoms with Gasteiger partial charge in [0.15, 0.2) is 0 Å².